The zero-order valence-corrected chi connectivity index (χ0v) is 16.4. The molecule has 2 nitrogen and oxygen atoms in total. The zero-order valence-electron chi connectivity index (χ0n) is 16.4. The van der Waals surface area contributed by atoms with Gasteiger partial charge in [-0.2, -0.15) is 0 Å². The average molecular weight is 353 g/mol. The highest BCUT2D eigenvalue weighted by Gasteiger charge is 2.26. The largest absolute Gasteiger partial charge is 0.489 e. The molecule has 2 aromatic rings. The van der Waals surface area contributed by atoms with Crippen molar-refractivity contribution in [3.05, 3.63) is 65.2 Å². The van der Waals surface area contributed by atoms with Gasteiger partial charge in [0, 0.05) is 0 Å². The van der Waals surface area contributed by atoms with Gasteiger partial charge in [-0.15, -0.1) is 0 Å². The molecule has 0 aliphatic heterocycles. The van der Waals surface area contributed by atoms with E-state index in [2.05, 4.69) is 51.1 Å². The van der Waals surface area contributed by atoms with E-state index < -0.39 is 0 Å². The summed E-state index contributed by atoms with van der Waals surface area (Å²) in [5.74, 6) is 1.38. The molecule has 26 heavy (non-hydrogen) atoms. The van der Waals surface area contributed by atoms with Gasteiger partial charge in [0.05, 0.1) is 6.10 Å². The van der Waals surface area contributed by atoms with Crippen molar-refractivity contribution in [2.45, 2.75) is 76.9 Å². The van der Waals surface area contributed by atoms with E-state index in [1.165, 1.54) is 16.7 Å². The Morgan fingerprint density at radius 3 is 2.54 bits per heavy atom. The summed E-state index contributed by atoms with van der Waals surface area (Å²) in [4.78, 5) is 0. The zero-order chi connectivity index (χ0) is 18.6. The number of aliphatic hydroxyl groups is 1. The van der Waals surface area contributed by atoms with Crippen molar-refractivity contribution in [1.82, 2.24) is 0 Å². The minimum atomic E-state index is -0.178. The van der Waals surface area contributed by atoms with E-state index in [4.69, 9.17) is 4.74 Å². The summed E-state index contributed by atoms with van der Waals surface area (Å²) in [5.41, 5.74) is 3.90. The Hall–Kier alpha value is -1.80. The highest BCUT2D eigenvalue weighted by Crippen LogP contribution is 2.40. The van der Waals surface area contributed by atoms with Gasteiger partial charge in [0.1, 0.15) is 12.4 Å². The van der Waals surface area contributed by atoms with Crippen LogP contribution in [0.15, 0.2) is 48.5 Å². The fourth-order valence-electron chi connectivity index (χ4n) is 3.80. The molecule has 0 heterocycles. The number of hydrogen-bond donors (Lipinski definition) is 1. The summed E-state index contributed by atoms with van der Waals surface area (Å²) in [6.07, 6.45) is 4.91. The summed E-state index contributed by atoms with van der Waals surface area (Å²) >= 11 is 0. The molecule has 2 atom stereocenters. The topological polar surface area (TPSA) is 29.5 Å². The first kappa shape index (κ1) is 19.0. The lowest BCUT2D eigenvalue weighted by Gasteiger charge is -2.30. The van der Waals surface area contributed by atoms with E-state index in [1.54, 1.807) is 0 Å². The summed E-state index contributed by atoms with van der Waals surface area (Å²) in [6.45, 7) is 7.38. The highest BCUT2D eigenvalue weighted by molar-refractivity contribution is 5.43. The Kier molecular flexibility index (Phi) is 6.03. The molecule has 2 heteroatoms. The molecular weight excluding hydrogens is 320 g/mol. The molecule has 2 aromatic carbocycles. The van der Waals surface area contributed by atoms with Crippen molar-refractivity contribution >= 4 is 0 Å². The van der Waals surface area contributed by atoms with Crippen molar-refractivity contribution in [1.29, 1.82) is 0 Å². The van der Waals surface area contributed by atoms with Gasteiger partial charge in [-0.1, -0.05) is 69.7 Å². The van der Waals surface area contributed by atoms with Gasteiger partial charge in [0.2, 0.25) is 0 Å². The second kappa shape index (κ2) is 8.26. The fraction of sp³-hybridized carbons (Fsp3) is 0.500. The maximum Gasteiger partial charge on any atom is 0.123 e. The van der Waals surface area contributed by atoms with Crippen LogP contribution in [0.2, 0.25) is 0 Å². The van der Waals surface area contributed by atoms with Crippen molar-refractivity contribution in [3.63, 3.8) is 0 Å². The van der Waals surface area contributed by atoms with Crippen LogP contribution in [0.4, 0.5) is 0 Å². The molecular formula is C24H32O2. The Labute approximate surface area is 158 Å². The number of aliphatic hydroxyl groups excluding tert-OH is 1. The van der Waals surface area contributed by atoms with E-state index in [9.17, 15) is 5.11 Å². The van der Waals surface area contributed by atoms with E-state index in [1.807, 2.05) is 18.2 Å². The van der Waals surface area contributed by atoms with Crippen molar-refractivity contribution in [3.8, 4) is 5.75 Å². The monoisotopic (exact) mass is 352 g/mol. The summed E-state index contributed by atoms with van der Waals surface area (Å²) in [5, 5.41) is 10.1. The highest BCUT2D eigenvalue weighted by atomic mass is 16.5. The SMILES string of the molecule is CCC(C)(C)c1ccc([C@@H]2CCC[C@H](O)C2)c(OCc2ccccc2)c1. The van der Waals surface area contributed by atoms with Crippen LogP contribution in [0.3, 0.4) is 0 Å². The molecule has 0 bridgehead atoms. The third-order valence-electron chi connectivity index (χ3n) is 6.00. The molecule has 1 N–H and O–H groups in total. The first-order valence-electron chi connectivity index (χ1n) is 9.99. The van der Waals surface area contributed by atoms with Gasteiger partial charge in [0.25, 0.3) is 0 Å². The first-order valence-corrected chi connectivity index (χ1v) is 9.99. The first-order chi connectivity index (χ1) is 12.5. The standard InChI is InChI=1S/C24H32O2/c1-4-24(2,3)20-13-14-22(19-11-8-12-21(25)15-19)23(16-20)26-17-18-9-6-5-7-10-18/h5-7,9-10,13-14,16,19,21,25H,4,8,11-12,15,17H2,1-3H3/t19-,21+/m1/s1. The molecule has 1 saturated carbocycles. The summed E-state index contributed by atoms with van der Waals surface area (Å²) in [7, 11) is 0. The van der Waals surface area contributed by atoms with Crippen LogP contribution in [0, 0.1) is 0 Å². The van der Waals surface area contributed by atoms with Crippen LogP contribution in [0.25, 0.3) is 0 Å². The minimum Gasteiger partial charge on any atom is -0.489 e. The van der Waals surface area contributed by atoms with Crippen LogP contribution < -0.4 is 4.74 Å². The maximum atomic E-state index is 10.1. The molecule has 1 aliphatic carbocycles. The van der Waals surface area contributed by atoms with E-state index in [-0.39, 0.29) is 11.5 Å². The van der Waals surface area contributed by atoms with Gasteiger partial charge in [-0.3, -0.25) is 0 Å². The lowest BCUT2D eigenvalue weighted by molar-refractivity contribution is 0.118. The molecule has 1 fully saturated rings. The molecule has 0 saturated heterocycles. The van der Waals surface area contributed by atoms with Crippen LogP contribution in [0.5, 0.6) is 5.75 Å². The van der Waals surface area contributed by atoms with Crippen LogP contribution >= 0.6 is 0 Å². The Morgan fingerprint density at radius 1 is 1.08 bits per heavy atom. The van der Waals surface area contributed by atoms with E-state index in [0.29, 0.717) is 12.5 Å². The third kappa shape index (κ3) is 4.48. The van der Waals surface area contributed by atoms with E-state index >= 15 is 0 Å². The van der Waals surface area contributed by atoms with Gasteiger partial charge < -0.3 is 9.84 Å². The minimum absolute atomic E-state index is 0.134. The van der Waals surface area contributed by atoms with E-state index in [0.717, 1.165) is 37.9 Å². The molecule has 0 unspecified atom stereocenters. The Balaban J connectivity index is 1.89. The Bertz CT molecular complexity index is 705. The second-order valence-corrected chi connectivity index (χ2v) is 8.28. The van der Waals surface area contributed by atoms with Crippen molar-refractivity contribution < 1.29 is 9.84 Å². The fourth-order valence-corrected chi connectivity index (χ4v) is 3.80. The second-order valence-electron chi connectivity index (χ2n) is 8.28. The number of rotatable bonds is 6. The van der Waals surface area contributed by atoms with Crippen LogP contribution in [-0.4, -0.2) is 11.2 Å². The molecule has 3 rings (SSSR count). The van der Waals surface area contributed by atoms with Crippen molar-refractivity contribution in [2.24, 2.45) is 0 Å². The predicted molar refractivity (Wildman–Crippen MR) is 108 cm³/mol. The third-order valence-corrected chi connectivity index (χ3v) is 6.00. The lowest BCUT2D eigenvalue weighted by atomic mass is 9.78. The van der Waals surface area contributed by atoms with Crippen LogP contribution in [0.1, 0.15) is 75.5 Å². The lowest BCUT2D eigenvalue weighted by Crippen LogP contribution is -2.20. The maximum absolute atomic E-state index is 10.1. The molecule has 0 amide bonds. The number of ether oxygens (including phenoxy) is 1. The van der Waals surface area contributed by atoms with Gasteiger partial charge in [0.15, 0.2) is 0 Å². The molecule has 0 spiro atoms. The predicted octanol–water partition coefficient (Wildman–Crippen LogP) is 5.97. The summed E-state index contributed by atoms with van der Waals surface area (Å²) < 4.78 is 6.31. The van der Waals surface area contributed by atoms with Gasteiger partial charge in [-0.25, -0.2) is 0 Å². The average Bonchev–Trinajstić information content (AvgIpc) is 2.67. The molecule has 0 aromatic heterocycles. The van der Waals surface area contributed by atoms with Crippen molar-refractivity contribution in [2.75, 3.05) is 0 Å². The Morgan fingerprint density at radius 2 is 1.85 bits per heavy atom. The molecule has 1 aliphatic rings. The number of hydrogen-bond acceptors (Lipinski definition) is 2. The quantitative estimate of drug-likeness (QED) is 0.694. The molecule has 0 radical (unpaired) electrons. The van der Waals surface area contributed by atoms with Gasteiger partial charge in [-0.05, 0) is 59.8 Å². The summed E-state index contributed by atoms with van der Waals surface area (Å²) in [6, 6.07) is 17.1. The molecule has 140 valence electrons. The van der Waals surface area contributed by atoms with Crippen LogP contribution in [-0.2, 0) is 12.0 Å². The normalized spacial score (nSPS) is 20.8. The smallest absolute Gasteiger partial charge is 0.123 e. The van der Waals surface area contributed by atoms with Gasteiger partial charge >= 0.3 is 0 Å². The number of benzene rings is 2.